The lowest BCUT2D eigenvalue weighted by Gasteiger charge is -2.20. The Kier molecular flexibility index (Phi) is 5.88. The molecule has 4 rings (SSSR count). The van der Waals surface area contributed by atoms with E-state index < -0.39 is 5.91 Å². The topological polar surface area (TPSA) is 92.3 Å². The molecule has 1 amide bonds. The number of nitrogens with one attached hydrogen (secondary N) is 1. The third-order valence-electron chi connectivity index (χ3n) is 4.75. The Morgan fingerprint density at radius 1 is 1.26 bits per heavy atom. The number of aromatic nitrogens is 1. The monoisotopic (exact) mass is 457 g/mol. The van der Waals surface area contributed by atoms with Crippen molar-refractivity contribution in [2.24, 2.45) is 10.1 Å². The number of carbonyl (C=O) groups excluding carboxylic acids is 1. The molecular weight excluding hydrogens is 438 g/mol. The first-order valence-electron chi connectivity index (χ1n) is 9.55. The van der Waals surface area contributed by atoms with Gasteiger partial charge >= 0.3 is 0 Å². The van der Waals surface area contributed by atoms with Crippen molar-refractivity contribution in [3.05, 3.63) is 46.8 Å². The van der Waals surface area contributed by atoms with E-state index >= 15 is 0 Å². The van der Waals surface area contributed by atoms with Crippen LogP contribution < -0.4 is 9.47 Å². The van der Waals surface area contributed by atoms with Gasteiger partial charge in [0.2, 0.25) is 5.17 Å². The largest absolute Gasteiger partial charge is 0.495 e. The summed E-state index contributed by atoms with van der Waals surface area (Å²) in [5.74, 6) is 0.574. The van der Waals surface area contributed by atoms with Crippen LogP contribution >= 0.6 is 23.4 Å². The molecule has 0 unspecified atom stereocenters. The van der Waals surface area contributed by atoms with Crippen LogP contribution in [-0.2, 0) is 4.79 Å². The van der Waals surface area contributed by atoms with Crippen molar-refractivity contribution < 1.29 is 14.3 Å². The van der Waals surface area contributed by atoms with E-state index in [4.69, 9.17) is 26.5 Å². The smallest absolute Gasteiger partial charge is 0.283 e. The van der Waals surface area contributed by atoms with Crippen molar-refractivity contribution in [3.63, 3.8) is 0 Å². The average molecular weight is 458 g/mol. The zero-order valence-electron chi connectivity index (χ0n) is 17.2. The minimum Gasteiger partial charge on any atom is -0.495 e. The van der Waals surface area contributed by atoms with E-state index in [9.17, 15) is 4.79 Å². The third kappa shape index (κ3) is 3.86. The summed E-state index contributed by atoms with van der Waals surface area (Å²) < 4.78 is 12.6. The first-order chi connectivity index (χ1) is 15.0. The molecule has 0 fully saturated rings. The van der Waals surface area contributed by atoms with E-state index in [0.717, 1.165) is 17.9 Å². The van der Waals surface area contributed by atoms with Crippen molar-refractivity contribution in [1.29, 1.82) is 5.41 Å². The fourth-order valence-corrected chi connectivity index (χ4v) is 4.48. The van der Waals surface area contributed by atoms with Gasteiger partial charge in [0.1, 0.15) is 16.5 Å². The molecule has 0 radical (unpaired) electrons. The zero-order chi connectivity index (χ0) is 22.1. The number of benzene rings is 1. The van der Waals surface area contributed by atoms with Crippen LogP contribution in [0, 0.1) is 5.41 Å². The van der Waals surface area contributed by atoms with Gasteiger partial charge in [-0.1, -0.05) is 18.5 Å². The first kappa shape index (κ1) is 21.2. The maximum absolute atomic E-state index is 12.7. The van der Waals surface area contributed by atoms with Crippen molar-refractivity contribution in [2.75, 3.05) is 14.2 Å². The number of carbonyl (C=O) groups is 1. The molecule has 8 nitrogen and oxygen atoms in total. The van der Waals surface area contributed by atoms with Gasteiger partial charge < -0.3 is 14.0 Å². The molecule has 10 heteroatoms. The molecule has 1 N–H and O–H groups in total. The lowest BCUT2D eigenvalue weighted by Crippen LogP contribution is -2.35. The molecule has 160 valence electrons. The normalized spacial score (nSPS) is 17.0. The van der Waals surface area contributed by atoms with Crippen molar-refractivity contribution in [1.82, 2.24) is 9.58 Å². The maximum Gasteiger partial charge on any atom is 0.283 e. The molecule has 1 aromatic carbocycles. The fourth-order valence-electron chi connectivity index (χ4n) is 3.26. The van der Waals surface area contributed by atoms with Crippen LogP contribution in [-0.4, -0.2) is 45.7 Å². The van der Waals surface area contributed by atoms with Crippen LogP contribution in [0.15, 0.2) is 46.1 Å². The summed E-state index contributed by atoms with van der Waals surface area (Å²) >= 11 is 7.66. The number of ether oxygens (including phenoxy) is 2. The number of hydrogen-bond acceptors (Lipinski definition) is 6. The molecule has 0 spiro atoms. The lowest BCUT2D eigenvalue weighted by molar-refractivity contribution is -0.114. The number of fused-ring (bicyclic) bond motifs is 1. The summed E-state index contributed by atoms with van der Waals surface area (Å²) in [6.07, 6.45) is 5.15. The van der Waals surface area contributed by atoms with Crippen LogP contribution in [0.1, 0.15) is 25.5 Å². The summed E-state index contributed by atoms with van der Waals surface area (Å²) in [5, 5.41) is 16.1. The lowest BCUT2D eigenvalue weighted by atomic mass is 10.1. The van der Waals surface area contributed by atoms with Crippen LogP contribution in [0.4, 0.5) is 0 Å². The van der Waals surface area contributed by atoms with Crippen molar-refractivity contribution >= 4 is 51.4 Å². The summed E-state index contributed by atoms with van der Waals surface area (Å²) in [6.45, 7) is 2.05. The number of amidine groups is 2. The standard InChI is InChI=1S/C21H20ClN5O3S/c1-4-6-18-25-27-19(23)13(20(28)24-21(27)31-18)9-12-7-5-8-26(12)15-10-14(22)16(29-2)11-17(15)30-3/h5,7-11,23H,4,6H2,1-3H3/b13-9+,23-19?. The molecule has 0 aliphatic carbocycles. The summed E-state index contributed by atoms with van der Waals surface area (Å²) in [7, 11) is 3.09. The number of methoxy groups -OCH3 is 2. The van der Waals surface area contributed by atoms with Crippen LogP contribution in [0.5, 0.6) is 11.5 Å². The van der Waals surface area contributed by atoms with Gasteiger partial charge in [-0.2, -0.15) is 15.1 Å². The zero-order valence-corrected chi connectivity index (χ0v) is 18.8. The second kappa shape index (κ2) is 8.60. The van der Waals surface area contributed by atoms with Gasteiger partial charge in [0.05, 0.1) is 30.5 Å². The van der Waals surface area contributed by atoms with Crippen LogP contribution in [0.3, 0.4) is 0 Å². The van der Waals surface area contributed by atoms with Crippen molar-refractivity contribution in [3.8, 4) is 17.2 Å². The molecular formula is C21H20ClN5O3S. The van der Waals surface area contributed by atoms with Crippen molar-refractivity contribution in [2.45, 2.75) is 19.8 Å². The highest BCUT2D eigenvalue weighted by Crippen LogP contribution is 2.36. The van der Waals surface area contributed by atoms with Gasteiger partial charge in [0, 0.05) is 18.0 Å². The number of rotatable bonds is 6. The predicted molar refractivity (Wildman–Crippen MR) is 124 cm³/mol. The predicted octanol–water partition coefficient (Wildman–Crippen LogP) is 4.57. The second-order valence-corrected chi connectivity index (χ2v) is 8.17. The Morgan fingerprint density at radius 3 is 2.74 bits per heavy atom. The summed E-state index contributed by atoms with van der Waals surface area (Å²) in [6, 6.07) is 7.09. The number of hydrogen-bond donors (Lipinski definition) is 1. The number of amides is 1. The molecule has 0 bridgehead atoms. The maximum atomic E-state index is 12.7. The minimum atomic E-state index is -0.468. The Bertz CT molecular complexity index is 1170. The second-order valence-electron chi connectivity index (χ2n) is 6.73. The number of thioether (sulfide) groups is 1. The number of aliphatic imine (C=N–C) groups is 1. The molecule has 3 heterocycles. The van der Waals surface area contributed by atoms with Crippen LogP contribution in [0.2, 0.25) is 5.02 Å². The van der Waals surface area contributed by atoms with Gasteiger partial charge in [-0.3, -0.25) is 10.2 Å². The molecule has 0 atom stereocenters. The quantitative estimate of drug-likeness (QED) is 0.641. The van der Waals surface area contributed by atoms with Gasteiger partial charge in [-0.05, 0) is 48.9 Å². The Hall–Kier alpha value is -3.04. The molecule has 0 saturated heterocycles. The van der Waals surface area contributed by atoms with E-state index in [1.165, 1.54) is 23.9 Å². The molecule has 31 heavy (non-hydrogen) atoms. The van der Waals surface area contributed by atoms with E-state index in [1.807, 2.05) is 22.9 Å². The molecule has 2 aliphatic rings. The van der Waals surface area contributed by atoms with E-state index in [1.54, 1.807) is 25.3 Å². The van der Waals surface area contributed by atoms with Gasteiger partial charge in [0.15, 0.2) is 5.84 Å². The van der Waals surface area contributed by atoms with Crippen LogP contribution in [0.25, 0.3) is 11.8 Å². The third-order valence-corrected chi connectivity index (χ3v) is 6.01. The average Bonchev–Trinajstić information content (AvgIpc) is 3.38. The Labute approximate surface area is 188 Å². The SMILES string of the molecule is CCCC1=NN2C(=N)/C(=C\c3cccn3-c3cc(Cl)c(OC)cc3OC)C(=O)N=C2S1. The Balaban J connectivity index is 1.75. The number of nitrogens with zero attached hydrogens (tertiary/aromatic N) is 4. The van der Waals surface area contributed by atoms with E-state index in [2.05, 4.69) is 17.0 Å². The van der Waals surface area contributed by atoms with E-state index in [0.29, 0.717) is 33.1 Å². The minimum absolute atomic E-state index is 0.00100. The number of halogens is 1. The van der Waals surface area contributed by atoms with E-state index in [-0.39, 0.29) is 11.4 Å². The number of hydrazone groups is 1. The highest BCUT2D eigenvalue weighted by molar-refractivity contribution is 8.26. The highest BCUT2D eigenvalue weighted by atomic mass is 35.5. The Morgan fingerprint density at radius 2 is 2.03 bits per heavy atom. The molecule has 1 aromatic heterocycles. The fraction of sp³-hybridized carbons (Fsp3) is 0.238. The van der Waals surface area contributed by atoms with Gasteiger partial charge in [-0.25, -0.2) is 0 Å². The summed E-state index contributed by atoms with van der Waals surface area (Å²) in [5.41, 5.74) is 1.49. The first-order valence-corrected chi connectivity index (χ1v) is 10.7. The van der Waals surface area contributed by atoms with Gasteiger partial charge in [0.25, 0.3) is 5.91 Å². The molecule has 0 saturated carbocycles. The molecule has 2 aliphatic heterocycles. The molecule has 2 aromatic rings. The van der Waals surface area contributed by atoms with Gasteiger partial charge in [-0.15, -0.1) is 0 Å². The highest BCUT2D eigenvalue weighted by Gasteiger charge is 2.35. The summed E-state index contributed by atoms with van der Waals surface area (Å²) in [4.78, 5) is 16.8.